The summed E-state index contributed by atoms with van der Waals surface area (Å²) in [6.07, 6.45) is 0. The zero-order valence-corrected chi connectivity index (χ0v) is 21.1. The number of ether oxygens (including phenoxy) is 1. The molecule has 0 saturated heterocycles. The van der Waals surface area contributed by atoms with Crippen LogP contribution in [0.5, 0.6) is 5.75 Å². The fraction of sp³-hybridized carbons (Fsp3) is 0.120. The molecule has 0 atom stereocenters. The maximum absolute atomic E-state index is 12.7. The number of anilines is 1. The van der Waals surface area contributed by atoms with Crippen LogP contribution in [0.3, 0.4) is 0 Å². The van der Waals surface area contributed by atoms with Gasteiger partial charge in [-0.05, 0) is 42.8 Å². The smallest absolute Gasteiger partial charge is 0.271 e. The zero-order valence-electron chi connectivity index (χ0n) is 18.9. The lowest BCUT2D eigenvalue weighted by atomic mass is 10.1. The molecule has 4 rings (SSSR count). The highest BCUT2D eigenvalue weighted by Gasteiger charge is 2.14. The number of halogens is 3. The molecule has 0 radical (unpaired) electrons. The summed E-state index contributed by atoms with van der Waals surface area (Å²) < 4.78 is 7.36. The fourth-order valence-electron chi connectivity index (χ4n) is 3.39. The molecule has 0 fully saturated rings. The summed E-state index contributed by atoms with van der Waals surface area (Å²) in [7, 11) is 0. The molecule has 1 amide bonds. The Morgan fingerprint density at radius 2 is 1.72 bits per heavy atom. The van der Waals surface area contributed by atoms with Gasteiger partial charge in [0.1, 0.15) is 12.4 Å². The van der Waals surface area contributed by atoms with E-state index in [4.69, 9.17) is 39.5 Å². The predicted molar refractivity (Wildman–Crippen MR) is 139 cm³/mol. The summed E-state index contributed by atoms with van der Waals surface area (Å²) >= 11 is 18.6. The number of hydrogen-bond donors (Lipinski definition) is 1. The maximum Gasteiger partial charge on any atom is 0.271 e. The number of hydrogen-bond acceptors (Lipinski definition) is 5. The molecule has 0 unspecified atom stereocenters. The predicted octanol–water partition coefficient (Wildman–Crippen LogP) is 6.94. The Hall–Kier alpha value is -3.59. The highest BCUT2D eigenvalue weighted by molar-refractivity contribution is 6.36. The van der Waals surface area contributed by atoms with Crippen molar-refractivity contribution in [3.63, 3.8) is 0 Å². The zero-order chi connectivity index (χ0) is 25.8. The second-order valence-electron chi connectivity index (χ2n) is 7.84. The molecule has 1 aromatic heterocycles. The van der Waals surface area contributed by atoms with Gasteiger partial charge < -0.3 is 10.1 Å². The number of amides is 1. The average Bonchev–Trinajstić information content (AvgIpc) is 3.19. The molecule has 184 valence electrons. The minimum Gasteiger partial charge on any atom is -0.487 e. The van der Waals surface area contributed by atoms with E-state index in [0.717, 1.165) is 16.8 Å². The lowest BCUT2D eigenvalue weighted by molar-refractivity contribution is -0.384. The number of nitro groups is 1. The van der Waals surface area contributed by atoms with Crippen molar-refractivity contribution in [3.8, 4) is 5.75 Å². The van der Waals surface area contributed by atoms with Gasteiger partial charge in [-0.15, -0.1) is 0 Å². The van der Waals surface area contributed by atoms with Crippen LogP contribution in [0.25, 0.3) is 0 Å². The average molecular weight is 546 g/mol. The summed E-state index contributed by atoms with van der Waals surface area (Å²) in [6.45, 7) is 2.42. The Morgan fingerprint density at radius 1 is 1.03 bits per heavy atom. The van der Waals surface area contributed by atoms with E-state index in [1.165, 1.54) is 18.2 Å². The van der Waals surface area contributed by atoms with Crippen molar-refractivity contribution in [3.05, 3.63) is 114 Å². The van der Waals surface area contributed by atoms with Crippen molar-refractivity contribution < 1.29 is 14.5 Å². The molecule has 0 spiro atoms. The van der Waals surface area contributed by atoms with Crippen molar-refractivity contribution in [2.45, 2.75) is 20.1 Å². The monoisotopic (exact) mass is 544 g/mol. The van der Waals surface area contributed by atoms with Gasteiger partial charge in [-0.3, -0.25) is 19.6 Å². The van der Waals surface area contributed by atoms with Gasteiger partial charge in [0, 0.05) is 45.1 Å². The first-order chi connectivity index (χ1) is 17.2. The molecule has 8 nitrogen and oxygen atoms in total. The lowest BCUT2D eigenvalue weighted by Crippen LogP contribution is -2.13. The van der Waals surface area contributed by atoms with Crippen LogP contribution < -0.4 is 10.1 Å². The third-order valence-corrected chi connectivity index (χ3v) is 6.33. The Balaban J connectivity index is 1.37. The molecule has 0 aliphatic rings. The fourth-order valence-corrected chi connectivity index (χ4v) is 4.13. The van der Waals surface area contributed by atoms with Crippen LogP contribution in [0.1, 0.15) is 27.2 Å². The number of nitrogens with one attached hydrogen (secondary N) is 1. The first-order valence-electron chi connectivity index (χ1n) is 10.7. The maximum atomic E-state index is 12.7. The number of benzene rings is 3. The number of nitrogens with zero attached hydrogens (tertiary/aromatic N) is 3. The third-order valence-electron chi connectivity index (χ3n) is 5.33. The third kappa shape index (κ3) is 5.96. The van der Waals surface area contributed by atoms with E-state index in [2.05, 4.69) is 10.4 Å². The lowest BCUT2D eigenvalue weighted by Gasteiger charge is -2.09. The molecular formula is C25H19Cl3N4O4. The topological polar surface area (TPSA) is 99.3 Å². The number of rotatable bonds is 8. The van der Waals surface area contributed by atoms with Gasteiger partial charge in [0.05, 0.1) is 16.5 Å². The molecule has 11 heteroatoms. The van der Waals surface area contributed by atoms with E-state index in [0.29, 0.717) is 33.7 Å². The summed E-state index contributed by atoms with van der Waals surface area (Å²) in [5.74, 6) is 0.412. The minimum atomic E-state index is -0.528. The van der Waals surface area contributed by atoms with E-state index in [1.807, 2.05) is 6.92 Å². The van der Waals surface area contributed by atoms with Gasteiger partial charge in [0.2, 0.25) is 0 Å². The molecule has 1 heterocycles. The number of non-ortho nitro benzene ring substituents is 1. The molecule has 0 bridgehead atoms. The highest BCUT2D eigenvalue weighted by Crippen LogP contribution is 2.29. The van der Waals surface area contributed by atoms with Crippen molar-refractivity contribution >= 4 is 52.2 Å². The Bertz CT molecular complexity index is 1420. The molecule has 0 aliphatic carbocycles. The molecule has 0 saturated carbocycles. The second kappa shape index (κ2) is 11.0. The van der Waals surface area contributed by atoms with Crippen LogP contribution in [0, 0.1) is 17.0 Å². The largest absolute Gasteiger partial charge is 0.487 e. The number of aryl methyl sites for hydroxylation is 1. The van der Waals surface area contributed by atoms with Gasteiger partial charge >= 0.3 is 0 Å². The van der Waals surface area contributed by atoms with Gasteiger partial charge in [0.25, 0.3) is 11.6 Å². The van der Waals surface area contributed by atoms with Crippen LogP contribution >= 0.6 is 34.8 Å². The highest BCUT2D eigenvalue weighted by atomic mass is 35.5. The second-order valence-corrected chi connectivity index (χ2v) is 9.06. The van der Waals surface area contributed by atoms with Gasteiger partial charge in [-0.1, -0.05) is 53.0 Å². The number of aromatic nitrogens is 2. The van der Waals surface area contributed by atoms with E-state index in [1.54, 1.807) is 53.2 Å². The summed E-state index contributed by atoms with van der Waals surface area (Å²) in [4.78, 5) is 23.0. The normalized spacial score (nSPS) is 10.8. The Morgan fingerprint density at radius 3 is 2.36 bits per heavy atom. The number of carbonyl (C=O) groups is 1. The number of nitro benzene ring substituents is 1. The summed E-state index contributed by atoms with van der Waals surface area (Å²) in [5.41, 5.74) is 2.69. The van der Waals surface area contributed by atoms with E-state index >= 15 is 0 Å². The van der Waals surface area contributed by atoms with Crippen molar-refractivity contribution in [1.29, 1.82) is 0 Å². The first-order valence-corrected chi connectivity index (χ1v) is 11.8. The van der Waals surface area contributed by atoms with Gasteiger partial charge in [0.15, 0.2) is 5.82 Å². The minimum absolute atomic E-state index is 0.115. The number of carbonyl (C=O) groups excluding carboxylic acids is 1. The van der Waals surface area contributed by atoms with Crippen LogP contribution in [-0.4, -0.2) is 20.6 Å². The Labute approximate surface area is 221 Å². The first kappa shape index (κ1) is 25.5. The van der Waals surface area contributed by atoms with Crippen LogP contribution in [0.15, 0.2) is 66.7 Å². The van der Waals surface area contributed by atoms with Crippen molar-refractivity contribution in [2.75, 3.05) is 5.32 Å². The van der Waals surface area contributed by atoms with E-state index in [-0.39, 0.29) is 23.2 Å². The van der Waals surface area contributed by atoms with Crippen molar-refractivity contribution in [2.24, 2.45) is 0 Å². The van der Waals surface area contributed by atoms with Crippen molar-refractivity contribution in [1.82, 2.24) is 9.78 Å². The van der Waals surface area contributed by atoms with Gasteiger partial charge in [-0.2, -0.15) is 5.10 Å². The summed E-state index contributed by atoms with van der Waals surface area (Å²) in [5, 5.41) is 19.3. The standard InChI is InChI=1S/C25H19Cl3N4O4/c1-15-11-24(30-31(15)13-19-20(26)3-2-4-21(19)27)29-25(33)17-7-5-16(6-8-17)14-36-23-10-9-18(32(34)35)12-22(23)28/h2-12H,13-14H2,1H3,(H,29,30,33). The molecular weight excluding hydrogens is 527 g/mol. The van der Waals surface area contributed by atoms with E-state index in [9.17, 15) is 14.9 Å². The van der Waals surface area contributed by atoms with E-state index < -0.39 is 4.92 Å². The van der Waals surface area contributed by atoms with Gasteiger partial charge in [-0.25, -0.2) is 0 Å². The quantitative estimate of drug-likeness (QED) is 0.191. The SMILES string of the molecule is Cc1cc(NC(=O)c2ccc(COc3ccc([N+](=O)[O-])cc3Cl)cc2)nn1Cc1c(Cl)cccc1Cl. The summed E-state index contributed by atoms with van der Waals surface area (Å²) in [6, 6.07) is 17.9. The van der Waals surface area contributed by atoms with Crippen LogP contribution in [0.2, 0.25) is 15.1 Å². The molecule has 36 heavy (non-hydrogen) atoms. The van der Waals surface area contributed by atoms with Crippen LogP contribution in [-0.2, 0) is 13.2 Å². The molecule has 1 N–H and O–H groups in total. The molecule has 0 aliphatic heterocycles. The molecule has 3 aromatic carbocycles. The van der Waals surface area contributed by atoms with Crippen LogP contribution in [0.4, 0.5) is 11.5 Å². The Kier molecular flexibility index (Phi) is 7.79. The molecule has 4 aromatic rings.